The third-order valence-corrected chi connectivity index (χ3v) is 1.99. The summed E-state index contributed by atoms with van der Waals surface area (Å²) >= 11 is 0. The lowest BCUT2D eigenvalue weighted by Gasteiger charge is -1.97. The normalized spacial score (nSPS) is 9.53. The van der Waals surface area contributed by atoms with Crippen LogP contribution in [0.1, 0.15) is 42.4 Å². The van der Waals surface area contributed by atoms with Crippen LogP contribution in [0.15, 0.2) is 6.07 Å². The molecule has 0 atom stereocenters. The second-order valence-electron chi connectivity index (χ2n) is 3.51. The van der Waals surface area contributed by atoms with Gasteiger partial charge in [0.05, 0.1) is 12.1 Å². The number of aromatic nitrogens is 2. The number of nitrogens with zero attached hydrogens (tertiary/aromatic N) is 2. The van der Waals surface area contributed by atoms with Gasteiger partial charge in [-0.1, -0.05) is 12.8 Å². The van der Waals surface area contributed by atoms with Crippen LogP contribution in [-0.4, -0.2) is 15.7 Å². The van der Waals surface area contributed by atoms with E-state index in [2.05, 4.69) is 23.9 Å². The molecule has 0 saturated carbocycles. The molecule has 0 unspecified atom stereocenters. The zero-order chi connectivity index (χ0) is 11.3. The van der Waals surface area contributed by atoms with E-state index in [1.165, 1.54) is 4.68 Å². The van der Waals surface area contributed by atoms with Gasteiger partial charge in [-0.3, -0.25) is 4.79 Å². The van der Waals surface area contributed by atoms with Crippen molar-refractivity contribution in [2.75, 3.05) is 0 Å². The Hall–Kier alpha value is -1.56. The molecular formula is C12H16N2O. The summed E-state index contributed by atoms with van der Waals surface area (Å²) in [4.78, 5) is 11.6. The lowest BCUT2D eigenvalue weighted by molar-refractivity contribution is 0.0901. The summed E-state index contributed by atoms with van der Waals surface area (Å²) in [7, 11) is 0. The average Bonchev–Trinajstić information content (AvgIpc) is 2.52. The number of hydrogen-bond acceptors (Lipinski definition) is 2. The highest BCUT2D eigenvalue weighted by atomic mass is 16.2. The average molecular weight is 204 g/mol. The van der Waals surface area contributed by atoms with Crippen molar-refractivity contribution < 1.29 is 4.79 Å². The Labute approximate surface area is 90.5 Å². The van der Waals surface area contributed by atoms with Gasteiger partial charge in [0.1, 0.15) is 0 Å². The van der Waals surface area contributed by atoms with Crippen LogP contribution in [0.3, 0.4) is 0 Å². The molecule has 0 bridgehead atoms. The summed E-state index contributed by atoms with van der Waals surface area (Å²) in [5, 5.41) is 4.11. The Bertz CT molecular complexity index is 407. The van der Waals surface area contributed by atoms with Crippen molar-refractivity contribution in [2.24, 2.45) is 0 Å². The molecule has 3 nitrogen and oxygen atoms in total. The van der Waals surface area contributed by atoms with E-state index >= 15 is 0 Å². The van der Waals surface area contributed by atoms with Gasteiger partial charge >= 0.3 is 0 Å². The highest BCUT2D eigenvalue weighted by Gasteiger charge is 2.07. The van der Waals surface area contributed by atoms with Crippen LogP contribution < -0.4 is 0 Å². The minimum absolute atomic E-state index is 0.0517. The highest BCUT2D eigenvalue weighted by Crippen LogP contribution is 2.02. The molecule has 0 saturated heterocycles. The third-order valence-electron chi connectivity index (χ3n) is 1.99. The molecule has 3 heteroatoms. The largest absolute Gasteiger partial charge is 0.271 e. The summed E-state index contributed by atoms with van der Waals surface area (Å²) in [5.74, 6) is 5.76. The maximum Gasteiger partial charge on any atom is 0.259 e. The van der Waals surface area contributed by atoms with Gasteiger partial charge in [0.2, 0.25) is 0 Å². The monoisotopic (exact) mass is 204 g/mol. The van der Waals surface area contributed by atoms with Crippen molar-refractivity contribution in [1.29, 1.82) is 0 Å². The summed E-state index contributed by atoms with van der Waals surface area (Å²) in [6.07, 6.45) is 2.13. The minimum atomic E-state index is -0.0517. The molecule has 0 fully saturated rings. The second kappa shape index (κ2) is 5.35. The van der Waals surface area contributed by atoms with Crippen LogP contribution >= 0.6 is 0 Å². The molecule has 0 aromatic carbocycles. The zero-order valence-electron chi connectivity index (χ0n) is 9.50. The first-order chi connectivity index (χ1) is 7.15. The van der Waals surface area contributed by atoms with E-state index in [-0.39, 0.29) is 12.3 Å². The molecule has 1 heterocycles. The molecule has 80 valence electrons. The van der Waals surface area contributed by atoms with Crippen LogP contribution in [0.25, 0.3) is 0 Å². The van der Waals surface area contributed by atoms with Crippen LogP contribution in [-0.2, 0) is 0 Å². The predicted octanol–water partition coefficient (Wildman–Crippen LogP) is 2.33. The van der Waals surface area contributed by atoms with Gasteiger partial charge in [0, 0.05) is 12.1 Å². The molecular weight excluding hydrogens is 188 g/mol. The Morgan fingerprint density at radius 2 is 2.20 bits per heavy atom. The molecule has 1 aromatic rings. The van der Waals surface area contributed by atoms with Gasteiger partial charge in [-0.25, -0.2) is 4.68 Å². The lowest BCUT2D eigenvalue weighted by Crippen LogP contribution is -2.12. The number of carbonyl (C=O) groups is 1. The van der Waals surface area contributed by atoms with E-state index in [9.17, 15) is 4.79 Å². The standard InChI is InChI=1S/C12H16N2O/c1-4-5-6-7-8-12(15)14-11(3)9-10(2)13-14/h9H,4-5,8H2,1-3H3. The number of hydrogen-bond donors (Lipinski definition) is 0. The predicted molar refractivity (Wildman–Crippen MR) is 59.6 cm³/mol. The molecule has 1 rings (SSSR count). The van der Waals surface area contributed by atoms with Gasteiger partial charge in [0.15, 0.2) is 0 Å². The zero-order valence-corrected chi connectivity index (χ0v) is 9.50. The van der Waals surface area contributed by atoms with Crippen molar-refractivity contribution in [2.45, 2.75) is 40.0 Å². The molecule has 0 N–H and O–H groups in total. The number of aryl methyl sites for hydroxylation is 2. The summed E-state index contributed by atoms with van der Waals surface area (Å²) in [6.45, 7) is 5.81. The quantitative estimate of drug-likeness (QED) is 0.693. The fourth-order valence-corrected chi connectivity index (χ4v) is 1.31. The summed E-state index contributed by atoms with van der Waals surface area (Å²) < 4.78 is 1.43. The van der Waals surface area contributed by atoms with E-state index in [1.807, 2.05) is 19.9 Å². The van der Waals surface area contributed by atoms with E-state index in [4.69, 9.17) is 0 Å². The van der Waals surface area contributed by atoms with Gasteiger partial charge in [0.25, 0.3) is 5.91 Å². The third kappa shape index (κ3) is 3.25. The van der Waals surface area contributed by atoms with E-state index in [0.717, 1.165) is 24.2 Å². The topological polar surface area (TPSA) is 34.9 Å². The molecule has 1 aromatic heterocycles. The fraction of sp³-hybridized carbons (Fsp3) is 0.500. The molecule has 0 spiro atoms. The lowest BCUT2D eigenvalue weighted by atomic mass is 10.3. The maximum atomic E-state index is 11.6. The Balaban J connectivity index is 2.63. The van der Waals surface area contributed by atoms with Gasteiger partial charge in [-0.15, -0.1) is 5.92 Å². The highest BCUT2D eigenvalue weighted by molar-refractivity contribution is 5.81. The Morgan fingerprint density at radius 3 is 2.73 bits per heavy atom. The van der Waals surface area contributed by atoms with Crippen LogP contribution in [0.5, 0.6) is 0 Å². The molecule has 0 radical (unpaired) electrons. The van der Waals surface area contributed by atoms with Crippen molar-refractivity contribution in [3.63, 3.8) is 0 Å². The smallest absolute Gasteiger partial charge is 0.259 e. The first-order valence-corrected chi connectivity index (χ1v) is 5.17. The van der Waals surface area contributed by atoms with Crippen LogP contribution in [0, 0.1) is 25.7 Å². The van der Waals surface area contributed by atoms with E-state index in [1.54, 1.807) is 0 Å². The number of carbonyl (C=O) groups excluding carboxylic acids is 1. The Kier molecular flexibility index (Phi) is 4.11. The molecule has 15 heavy (non-hydrogen) atoms. The summed E-state index contributed by atoms with van der Waals surface area (Å²) in [5.41, 5.74) is 1.73. The fourth-order valence-electron chi connectivity index (χ4n) is 1.31. The van der Waals surface area contributed by atoms with E-state index < -0.39 is 0 Å². The SMILES string of the molecule is CCCC#CCC(=O)n1nc(C)cc1C. The first-order valence-electron chi connectivity index (χ1n) is 5.17. The number of unbranched alkanes of at least 4 members (excludes halogenated alkanes) is 1. The van der Waals surface area contributed by atoms with Crippen LogP contribution in [0.4, 0.5) is 0 Å². The van der Waals surface area contributed by atoms with Crippen LogP contribution in [0.2, 0.25) is 0 Å². The van der Waals surface area contributed by atoms with Crippen molar-refractivity contribution in [3.05, 3.63) is 17.5 Å². The summed E-state index contributed by atoms with van der Waals surface area (Å²) in [6, 6.07) is 1.89. The molecule has 0 aliphatic carbocycles. The molecule has 0 aliphatic heterocycles. The molecule has 0 aliphatic rings. The van der Waals surface area contributed by atoms with Gasteiger partial charge in [-0.05, 0) is 26.3 Å². The second-order valence-corrected chi connectivity index (χ2v) is 3.51. The molecule has 0 amide bonds. The van der Waals surface area contributed by atoms with Gasteiger partial charge < -0.3 is 0 Å². The Morgan fingerprint density at radius 1 is 1.47 bits per heavy atom. The van der Waals surface area contributed by atoms with Crippen molar-refractivity contribution in [1.82, 2.24) is 9.78 Å². The van der Waals surface area contributed by atoms with Crippen molar-refractivity contribution in [3.8, 4) is 11.8 Å². The van der Waals surface area contributed by atoms with Gasteiger partial charge in [-0.2, -0.15) is 5.10 Å². The van der Waals surface area contributed by atoms with Crippen molar-refractivity contribution >= 4 is 5.91 Å². The maximum absolute atomic E-state index is 11.6. The van der Waals surface area contributed by atoms with E-state index in [0.29, 0.717) is 0 Å². The minimum Gasteiger partial charge on any atom is -0.271 e. The first kappa shape index (κ1) is 11.5. The number of rotatable bonds is 2.